The summed E-state index contributed by atoms with van der Waals surface area (Å²) in [6.07, 6.45) is 13.6. The number of aromatic nitrogens is 2. The summed E-state index contributed by atoms with van der Waals surface area (Å²) in [5.41, 5.74) is 3.54. The Hall–Kier alpha value is -3.63. The highest BCUT2D eigenvalue weighted by Gasteiger charge is 2.37. The zero-order chi connectivity index (χ0) is 24.7. The van der Waals surface area contributed by atoms with Gasteiger partial charge in [0.25, 0.3) is 11.8 Å². The molecule has 3 rings (SSSR count). The lowest BCUT2D eigenvalue weighted by molar-refractivity contribution is -0.130. The topological polar surface area (TPSA) is 80.5 Å². The quantitative estimate of drug-likeness (QED) is 0.340. The molecule has 0 aliphatic carbocycles. The minimum atomic E-state index is -0.434. The SMILES string of the molecule is C#CC(=O)N1[C@@H](NCCCC)Cc2cc(OC)ccc2[C@@H]1C(=C)/C=C\C(=C/C)c1nc(C)no1. The lowest BCUT2D eigenvalue weighted by atomic mass is 9.86. The molecule has 1 aliphatic heterocycles. The monoisotopic (exact) mass is 460 g/mol. The van der Waals surface area contributed by atoms with Gasteiger partial charge in [-0.25, -0.2) is 0 Å². The van der Waals surface area contributed by atoms with Crippen molar-refractivity contribution in [2.75, 3.05) is 13.7 Å². The van der Waals surface area contributed by atoms with Crippen molar-refractivity contribution in [3.8, 4) is 18.1 Å². The molecule has 2 heterocycles. The lowest BCUT2D eigenvalue weighted by Gasteiger charge is -2.43. The number of rotatable bonds is 9. The minimum absolute atomic E-state index is 0.260. The van der Waals surface area contributed by atoms with Gasteiger partial charge in [0, 0.05) is 12.0 Å². The number of carbonyl (C=O) groups excluding carboxylic acids is 1. The van der Waals surface area contributed by atoms with Crippen molar-refractivity contribution in [2.45, 2.75) is 52.2 Å². The second-order valence-corrected chi connectivity index (χ2v) is 8.15. The number of fused-ring (bicyclic) bond motifs is 1. The van der Waals surface area contributed by atoms with E-state index < -0.39 is 6.04 Å². The van der Waals surface area contributed by atoms with Gasteiger partial charge in [0.2, 0.25) is 0 Å². The number of unbranched alkanes of at least 4 members (excludes halogenated alkanes) is 1. The summed E-state index contributed by atoms with van der Waals surface area (Å²) in [6, 6.07) is 5.46. The van der Waals surface area contributed by atoms with Crippen molar-refractivity contribution < 1.29 is 14.1 Å². The van der Waals surface area contributed by atoms with Crippen LogP contribution in [0.4, 0.5) is 0 Å². The first-order valence-corrected chi connectivity index (χ1v) is 11.5. The Bertz CT molecular complexity index is 1140. The number of terminal acetylenes is 1. The van der Waals surface area contributed by atoms with Gasteiger partial charge in [0.05, 0.1) is 19.3 Å². The number of carbonyl (C=O) groups is 1. The predicted molar refractivity (Wildman–Crippen MR) is 133 cm³/mol. The molecule has 0 saturated heterocycles. The molecule has 1 amide bonds. The molecule has 1 N–H and O–H groups in total. The van der Waals surface area contributed by atoms with E-state index in [1.54, 1.807) is 18.9 Å². The van der Waals surface area contributed by atoms with Crippen molar-refractivity contribution in [3.63, 3.8) is 0 Å². The predicted octanol–water partition coefficient (Wildman–Crippen LogP) is 4.38. The molecule has 0 fully saturated rings. The van der Waals surface area contributed by atoms with E-state index in [0.717, 1.165) is 41.8 Å². The van der Waals surface area contributed by atoms with Crippen LogP contribution in [-0.4, -0.2) is 40.8 Å². The Labute approximate surface area is 201 Å². The Morgan fingerprint density at radius 3 is 2.85 bits per heavy atom. The van der Waals surface area contributed by atoms with Crippen LogP contribution in [0.2, 0.25) is 0 Å². The molecule has 1 aromatic carbocycles. The first kappa shape index (κ1) is 25.0. The van der Waals surface area contributed by atoms with Gasteiger partial charge in [-0.1, -0.05) is 43.3 Å². The number of hydrogen-bond donors (Lipinski definition) is 1. The average molecular weight is 461 g/mol. The van der Waals surface area contributed by atoms with E-state index in [-0.39, 0.29) is 12.1 Å². The lowest BCUT2D eigenvalue weighted by Crippen LogP contribution is -2.54. The first-order chi connectivity index (χ1) is 16.4. The van der Waals surface area contributed by atoms with E-state index in [2.05, 4.69) is 34.9 Å². The number of benzene rings is 1. The molecular formula is C27H32N4O3. The number of aryl methyl sites for hydroxylation is 1. The van der Waals surface area contributed by atoms with Gasteiger partial charge in [-0.2, -0.15) is 4.98 Å². The van der Waals surface area contributed by atoms with Crippen LogP contribution >= 0.6 is 0 Å². The van der Waals surface area contributed by atoms with Gasteiger partial charge >= 0.3 is 0 Å². The molecule has 34 heavy (non-hydrogen) atoms. The van der Waals surface area contributed by atoms with Crippen molar-refractivity contribution in [2.24, 2.45) is 0 Å². The highest BCUT2D eigenvalue weighted by Crippen LogP contribution is 2.39. The van der Waals surface area contributed by atoms with Gasteiger partial charge in [0.1, 0.15) is 5.75 Å². The van der Waals surface area contributed by atoms with Gasteiger partial charge in [0.15, 0.2) is 5.82 Å². The van der Waals surface area contributed by atoms with Crippen LogP contribution in [0.1, 0.15) is 55.6 Å². The van der Waals surface area contributed by atoms with Crippen LogP contribution < -0.4 is 10.1 Å². The van der Waals surface area contributed by atoms with Crippen LogP contribution in [0.5, 0.6) is 5.75 Å². The molecule has 1 aliphatic rings. The Kier molecular flexibility index (Phi) is 8.44. The number of hydrogen-bond acceptors (Lipinski definition) is 6. The summed E-state index contributed by atoms with van der Waals surface area (Å²) in [6.45, 7) is 10.9. The van der Waals surface area contributed by atoms with Crippen molar-refractivity contribution in [1.29, 1.82) is 0 Å². The molecular weight excluding hydrogens is 428 g/mol. The van der Waals surface area contributed by atoms with E-state index >= 15 is 0 Å². The second-order valence-electron chi connectivity index (χ2n) is 8.15. The molecule has 2 aromatic rings. The van der Waals surface area contributed by atoms with E-state index in [1.165, 1.54) is 0 Å². The third-order valence-electron chi connectivity index (χ3n) is 5.85. The number of allylic oxidation sites excluding steroid dienone is 3. The maximum absolute atomic E-state index is 13.0. The molecule has 0 unspecified atom stereocenters. The summed E-state index contributed by atoms with van der Waals surface area (Å²) in [4.78, 5) is 19.0. The van der Waals surface area contributed by atoms with Crippen LogP contribution in [0.25, 0.3) is 5.57 Å². The summed E-state index contributed by atoms with van der Waals surface area (Å²) in [7, 11) is 1.65. The van der Waals surface area contributed by atoms with Crippen LogP contribution in [-0.2, 0) is 11.2 Å². The highest BCUT2D eigenvalue weighted by molar-refractivity contribution is 5.94. The Morgan fingerprint density at radius 2 is 2.24 bits per heavy atom. The smallest absolute Gasteiger partial charge is 0.300 e. The number of nitrogens with one attached hydrogen (secondary N) is 1. The molecule has 1 aromatic heterocycles. The van der Waals surface area contributed by atoms with Crippen LogP contribution in [0.3, 0.4) is 0 Å². The Balaban J connectivity index is 2.01. The molecule has 0 bridgehead atoms. The number of ether oxygens (including phenoxy) is 1. The standard InChI is InChI=1S/C27H32N4O3/c1-7-10-15-28-24-17-21-16-22(33-6)13-14-23(21)26(31(24)25(32)9-3)18(4)11-12-20(8-2)27-29-19(5)30-34-27/h3,8,11-14,16,24,26,28H,4,7,10,15,17H2,1-2,5-6H3/b12-11-,20-8+/t24-,26+/m1/s1. The van der Waals surface area contributed by atoms with Gasteiger partial charge < -0.3 is 14.2 Å². The molecule has 2 atom stereocenters. The highest BCUT2D eigenvalue weighted by atomic mass is 16.5. The number of amides is 1. The summed E-state index contributed by atoms with van der Waals surface area (Å²) in [5.74, 6) is 3.68. The fourth-order valence-electron chi connectivity index (χ4n) is 4.11. The Morgan fingerprint density at radius 1 is 1.44 bits per heavy atom. The summed E-state index contributed by atoms with van der Waals surface area (Å²) >= 11 is 0. The largest absolute Gasteiger partial charge is 0.497 e. The molecule has 0 radical (unpaired) electrons. The van der Waals surface area contributed by atoms with Crippen LogP contribution in [0, 0.1) is 19.3 Å². The first-order valence-electron chi connectivity index (χ1n) is 11.5. The molecule has 7 nitrogen and oxygen atoms in total. The second kappa shape index (κ2) is 11.5. The van der Waals surface area contributed by atoms with Crippen molar-refractivity contribution >= 4 is 11.5 Å². The van der Waals surface area contributed by atoms with Gasteiger partial charge in [-0.15, -0.1) is 6.42 Å². The zero-order valence-corrected chi connectivity index (χ0v) is 20.3. The van der Waals surface area contributed by atoms with Gasteiger partial charge in [-0.05, 0) is 67.6 Å². The van der Waals surface area contributed by atoms with Crippen molar-refractivity contribution in [1.82, 2.24) is 20.4 Å². The number of methoxy groups -OCH3 is 1. The van der Waals surface area contributed by atoms with E-state index in [9.17, 15) is 4.79 Å². The third-order valence-corrected chi connectivity index (χ3v) is 5.85. The molecule has 0 saturated carbocycles. The molecule has 0 spiro atoms. The fourth-order valence-corrected chi connectivity index (χ4v) is 4.11. The zero-order valence-electron chi connectivity index (χ0n) is 20.3. The van der Waals surface area contributed by atoms with E-state index in [4.69, 9.17) is 15.7 Å². The minimum Gasteiger partial charge on any atom is -0.497 e. The van der Waals surface area contributed by atoms with Gasteiger partial charge in [-0.3, -0.25) is 10.1 Å². The van der Waals surface area contributed by atoms with E-state index in [1.807, 2.05) is 43.4 Å². The molecule has 7 heteroatoms. The number of nitrogens with zero attached hydrogens (tertiary/aromatic N) is 3. The summed E-state index contributed by atoms with van der Waals surface area (Å²) in [5, 5.41) is 7.38. The van der Waals surface area contributed by atoms with Crippen molar-refractivity contribution in [3.05, 3.63) is 71.4 Å². The molecule has 178 valence electrons. The maximum Gasteiger partial charge on any atom is 0.300 e. The van der Waals surface area contributed by atoms with E-state index in [0.29, 0.717) is 23.7 Å². The fraction of sp³-hybridized carbons (Fsp3) is 0.370. The average Bonchev–Trinajstić information content (AvgIpc) is 3.28. The maximum atomic E-state index is 13.0. The summed E-state index contributed by atoms with van der Waals surface area (Å²) < 4.78 is 10.7. The normalized spacial score (nSPS) is 18.0. The third kappa shape index (κ3) is 5.46. The van der Waals surface area contributed by atoms with Crippen LogP contribution in [0.15, 0.2) is 53.1 Å².